The molecule has 7 nitrogen and oxygen atoms in total. The number of amides is 1. The fourth-order valence-electron chi connectivity index (χ4n) is 2.49. The van der Waals surface area contributed by atoms with Crippen LogP contribution < -0.4 is 0 Å². The molecule has 1 aromatic rings. The Morgan fingerprint density at radius 2 is 2.20 bits per heavy atom. The normalized spacial score (nSPS) is 26.5. The third-order valence-corrected chi connectivity index (χ3v) is 3.77. The van der Waals surface area contributed by atoms with Crippen molar-refractivity contribution in [1.29, 1.82) is 0 Å². The van der Waals surface area contributed by atoms with Gasteiger partial charge in [-0.25, -0.2) is 0 Å². The van der Waals surface area contributed by atoms with Crippen LogP contribution in [0.4, 0.5) is 0 Å². The first-order valence-electron chi connectivity index (χ1n) is 6.50. The molecule has 7 heteroatoms. The van der Waals surface area contributed by atoms with E-state index in [9.17, 15) is 4.79 Å². The number of aromatic amines is 1. The molecule has 1 aliphatic heterocycles. The Balaban J connectivity index is 2.16. The minimum Gasteiger partial charge on any atom is -0.376 e. The Kier molecular flexibility index (Phi) is 4.74. The zero-order valence-corrected chi connectivity index (χ0v) is 12.3. The lowest BCUT2D eigenvalue weighted by Gasteiger charge is -2.40. The van der Waals surface area contributed by atoms with Crippen LogP contribution in [0.1, 0.15) is 16.1 Å². The molecule has 1 fully saturated rings. The smallest absolute Gasteiger partial charge is 0.257 e. The molecule has 0 aliphatic carbocycles. The first-order valence-corrected chi connectivity index (χ1v) is 6.50. The van der Waals surface area contributed by atoms with E-state index in [-0.39, 0.29) is 24.2 Å². The van der Waals surface area contributed by atoms with Gasteiger partial charge in [-0.3, -0.25) is 9.89 Å². The second-order valence-corrected chi connectivity index (χ2v) is 4.90. The highest BCUT2D eigenvalue weighted by molar-refractivity contribution is 5.95. The van der Waals surface area contributed by atoms with Crippen molar-refractivity contribution >= 4 is 5.91 Å². The topological polar surface area (TPSA) is 76.7 Å². The molecule has 3 atom stereocenters. The summed E-state index contributed by atoms with van der Waals surface area (Å²) in [4.78, 5) is 14.1. The summed E-state index contributed by atoms with van der Waals surface area (Å²) in [7, 11) is 4.98. The molecule has 0 aromatic carbocycles. The van der Waals surface area contributed by atoms with Gasteiger partial charge in [-0.05, 0) is 6.92 Å². The summed E-state index contributed by atoms with van der Waals surface area (Å²) in [5, 5.41) is 6.65. The van der Waals surface area contributed by atoms with Crippen LogP contribution in [0, 0.1) is 6.92 Å². The largest absolute Gasteiger partial charge is 0.376 e. The number of hydrogen-bond acceptors (Lipinski definition) is 5. The number of carbonyl (C=O) groups is 1. The molecule has 1 saturated heterocycles. The van der Waals surface area contributed by atoms with E-state index in [1.807, 2.05) is 6.92 Å². The fraction of sp³-hybridized carbons (Fsp3) is 0.692. The van der Waals surface area contributed by atoms with Crippen molar-refractivity contribution in [2.45, 2.75) is 25.2 Å². The van der Waals surface area contributed by atoms with Gasteiger partial charge in [0.25, 0.3) is 5.91 Å². The van der Waals surface area contributed by atoms with Gasteiger partial charge in [0, 0.05) is 27.0 Å². The maximum absolute atomic E-state index is 12.5. The average Bonchev–Trinajstić information content (AvgIpc) is 2.90. The van der Waals surface area contributed by atoms with E-state index in [1.165, 1.54) is 6.20 Å². The van der Waals surface area contributed by atoms with Crippen LogP contribution in [-0.2, 0) is 14.2 Å². The van der Waals surface area contributed by atoms with Gasteiger partial charge in [0.15, 0.2) is 0 Å². The van der Waals surface area contributed by atoms with Crippen molar-refractivity contribution in [3.8, 4) is 0 Å². The SMILES string of the molecule is CO[C@H]1[C@H](N(C)C(=O)c2cn[nH]c2C)COC[C@H]1OC. The van der Waals surface area contributed by atoms with Gasteiger partial charge in [-0.2, -0.15) is 5.10 Å². The number of aromatic nitrogens is 2. The number of likely N-dealkylation sites (N-methyl/N-ethyl adjacent to an activating group) is 1. The third-order valence-electron chi connectivity index (χ3n) is 3.77. The van der Waals surface area contributed by atoms with Gasteiger partial charge < -0.3 is 19.1 Å². The summed E-state index contributed by atoms with van der Waals surface area (Å²) in [6.45, 7) is 2.72. The van der Waals surface area contributed by atoms with Crippen LogP contribution in [-0.4, -0.2) is 73.7 Å². The van der Waals surface area contributed by atoms with Crippen molar-refractivity contribution in [1.82, 2.24) is 15.1 Å². The first-order chi connectivity index (χ1) is 9.60. The number of aryl methyl sites for hydroxylation is 1. The lowest BCUT2D eigenvalue weighted by Crippen LogP contribution is -2.57. The van der Waals surface area contributed by atoms with Gasteiger partial charge in [0.1, 0.15) is 12.2 Å². The summed E-state index contributed by atoms with van der Waals surface area (Å²) in [6.07, 6.45) is 1.14. The van der Waals surface area contributed by atoms with Crippen LogP contribution in [0.3, 0.4) is 0 Å². The minimum atomic E-state index is -0.213. The van der Waals surface area contributed by atoms with E-state index < -0.39 is 0 Å². The zero-order valence-electron chi connectivity index (χ0n) is 12.3. The quantitative estimate of drug-likeness (QED) is 0.855. The lowest BCUT2D eigenvalue weighted by atomic mass is 10.0. The Morgan fingerprint density at radius 3 is 2.75 bits per heavy atom. The van der Waals surface area contributed by atoms with Gasteiger partial charge in [0.05, 0.1) is 31.0 Å². The molecule has 1 N–H and O–H groups in total. The number of hydrogen-bond donors (Lipinski definition) is 1. The molecule has 2 heterocycles. The van der Waals surface area contributed by atoms with Crippen molar-refractivity contribution in [2.24, 2.45) is 0 Å². The van der Waals surface area contributed by atoms with E-state index in [0.29, 0.717) is 18.8 Å². The Hall–Kier alpha value is -1.44. The predicted molar refractivity (Wildman–Crippen MR) is 71.6 cm³/mol. The number of nitrogens with zero attached hydrogens (tertiary/aromatic N) is 2. The van der Waals surface area contributed by atoms with E-state index in [4.69, 9.17) is 14.2 Å². The molecule has 0 radical (unpaired) electrons. The highest BCUT2D eigenvalue weighted by atomic mass is 16.6. The van der Waals surface area contributed by atoms with Crippen molar-refractivity contribution in [3.05, 3.63) is 17.5 Å². The Bertz CT molecular complexity index is 462. The molecule has 1 amide bonds. The number of methoxy groups -OCH3 is 2. The number of rotatable bonds is 4. The number of carbonyl (C=O) groups excluding carboxylic acids is 1. The predicted octanol–water partition coefficient (Wildman–Crippen LogP) is 0.219. The Morgan fingerprint density at radius 1 is 1.45 bits per heavy atom. The van der Waals surface area contributed by atoms with Gasteiger partial charge in [0.2, 0.25) is 0 Å². The molecule has 2 rings (SSSR count). The molecular formula is C13H21N3O4. The van der Waals surface area contributed by atoms with Crippen LogP contribution >= 0.6 is 0 Å². The fourth-order valence-corrected chi connectivity index (χ4v) is 2.49. The molecule has 112 valence electrons. The highest BCUT2D eigenvalue weighted by Gasteiger charge is 2.39. The summed E-state index contributed by atoms with van der Waals surface area (Å²) >= 11 is 0. The summed E-state index contributed by atoms with van der Waals surface area (Å²) < 4.78 is 16.4. The standard InChI is InChI=1S/C13H21N3O4/c1-8-9(5-14-15-8)13(17)16(2)10-6-20-7-11(18-3)12(10)19-4/h5,10-12H,6-7H2,1-4H3,(H,14,15)/t10-,11-,12+/m1/s1. The molecule has 1 aromatic heterocycles. The second-order valence-electron chi connectivity index (χ2n) is 4.90. The zero-order chi connectivity index (χ0) is 14.7. The van der Waals surface area contributed by atoms with Crippen molar-refractivity contribution < 1.29 is 19.0 Å². The van der Waals surface area contributed by atoms with Gasteiger partial charge in [-0.15, -0.1) is 0 Å². The molecule has 1 aliphatic rings. The van der Waals surface area contributed by atoms with E-state index in [1.54, 1.807) is 26.2 Å². The van der Waals surface area contributed by atoms with Crippen LogP contribution in [0.5, 0.6) is 0 Å². The monoisotopic (exact) mass is 283 g/mol. The van der Waals surface area contributed by atoms with E-state index in [0.717, 1.165) is 5.69 Å². The lowest BCUT2D eigenvalue weighted by molar-refractivity contribution is -0.147. The van der Waals surface area contributed by atoms with Gasteiger partial charge in [-0.1, -0.05) is 0 Å². The molecule has 0 unspecified atom stereocenters. The maximum Gasteiger partial charge on any atom is 0.257 e. The van der Waals surface area contributed by atoms with Crippen molar-refractivity contribution in [3.63, 3.8) is 0 Å². The molecule has 20 heavy (non-hydrogen) atoms. The second kappa shape index (κ2) is 6.34. The van der Waals surface area contributed by atoms with Gasteiger partial charge >= 0.3 is 0 Å². The van der Waals surface area contributed by atoms with Crippen LogP contribution in [0.2, 0.25) is 0 Å². The summed E-state index contributed by atoms with van der Waals surface area (Å²) in [5.74, 6) is -0.108. The summed E-state index contributed by atoms with van der Waals surface area (Å²) in [5.41, 5.74) is 1.30. The number of ether oxygens (including phenoxy) is 3. The highest BCUT2D eigenvalue weighted by Crippen LogP contribution is 2.20. The maximum atomic E-state index is 12.5. The van der Waals surface area contributed by atoms with Crippen molar-refractivity contribution in [2.75, 3.05) is 34.5 Å². The molecule has 0 spiro atoms. The molecular weight excluding hydrogens is 262 g/mol. The first kappa shape index (κ1) is 15.0. The molecule has 0 saturated carbocycles. The van der Waals surface area contributed by atoms with Crippen LogP contribution in [0.25, 0.3) is 0 Å². The number of H-pyrrole nitrogens is 1. The minimum absolute atomic E-state index is 0.108. The van der Waals surface area contributed by atoms with Crippen LogP contribution in [0.15, 0.2) is 6.20 Å². The van der Waals surface area contributed by atoms with E-state index in [2.05, 4.69) is 10.2 Å². The average molecular weight is 283 g/mol. The number of nitrogens with one attached hydrogen (secondary N) is 1. The summed E-state index contributed by atoms with van der Waals surface area (Å²) in [6, 6.07) is -0.194. The van der Waals surface area contributed by atoms with E-state index >= 15 is 0 Å². The third kappa shape index (κ3) is 2.70. The Labute approximate surface area is 118 Å². The molecule has 0 bridgehead atoms.